The lowest BCUT2D eigenvalue weighted by molar-refractivity contribution is 0.259. The Morgan fingerprint density at radius 1 is 1.40 bits per heavy atom. The average molecular weight is 202 g/mol. The van der Waals surface area contributed by atoms with Gasteiger partial charge < -0.3 is 15.6 Å². The molecule has 0 atom stereocenters. The highest BCUT2D eigenvalue weighted by molar-refractivity contribution is 5.90. The highest BCUT2D eigenvalue weighted by Crippen LogP contribution is 2.18. The number of para-hydroxylation sites is 2. The number of benzene rings is 1. The molecule has 15 heavy (non-hydrogen) atoms. The standard InChI is InChI=1S/C10H10N4O/c11-10(15)13-8-3-1-2-4-9(8)14-6-5-12-7-14/h1-7H,(H3,11,13,15). The number of rotatable bonds is 2. The molecule has 0 bridgehead atoms. The summed E-state index contributed by atoms with van der Waals surface area (Å²) < 4.78 is 1.80. The topological polar surface area (TPSA) is 72.9 Å². The Kier molecular flexibility index (Phi) is 2.37. The minimum absolute atomic E-state index is 0.581. The summed E-state index contributed by atoms with van der Waals surface area (Å²) in [6, 6.07) is 6.77. The first-order valence-electron chi connectivity index (χ1n) is 4.41. The predicted octanol–water partition coefficient (Wildman–Crippen LogP) is 1.36. The van der Waals surface area contributed by atoms with Gasteiger partial charge in [-0.2, -0.15) is 0 Å². The van der Waals surface area contributed by atoms with Crippen molar-refractivity contribution >= 4 is 11.7 Å². The zero-order valence-electron chi connectivity index (χ0n) is 7.92. The first-order chi connectivity index (χ1) is 7.27. The molecule has 0 radical (unpaired) electrons. The number of carbonyl (C=O) groups is 1. The van der Waals surface area contributed by atoms with Crippen molar-refractivity contribution < 1.29 is 4.79 Å². The van der Waals surface area contributed by atoms with Crippen LogP contribution >= 0.6 is 0 Å². The zero-order valence-corrected chi connectivity index (χ0v) is 7.92. The summed E-state index contributed by atoms with van der Waals surface area (Å²) in [5.74, 6) is 0. The molecule has 0 fully saturated rings. The highest BCUT2D eigenvalue weighted by Gasteiger charge is 2.04. The Hall–Kier alpha value is -2.30. The maximum Gasteiger partial charge on any atom is 0.316 e. The van der Waals surface area contributed by atoms with Crippen LogP contribution < -0.4 is 11.1 Å². The average Bonchev–Trinajstić information content (AvgIpc) is 2.70. The van der Waals surface area contributed by atoms with Crippen molar-refractivity contribution in [2.24, 2.45) is 5.73 Å². The van der Waals surface area contributed by atoms with Crippen molar-refractivity contribution in [3.8, 4) is 5.69 Å². The van der Waals surface area contributed by atoms with Gasteiger partial charge in [-0.05, 0) is 12.1 Å². The van der Waals surface area contributed by atoms with Crippen molar-refractivity contribution in [2.75, 3.05) is 5.32 Å². The van der Waals surface area contributed by atoms with Crippen LogP contribution in [0.3, 0.4) is 0 Å². The van der Waals surface area contributed by atoms with E-state index in [2.05, 4.69) is 10.3 Å². The van der Waals surface area contributed by atoms with E-state index in [-0.39, 0.29) is 0 Å². The molecule has 0 aliphatic carbocycles. The number of urea groups is 1. The molecule has 1 aromatic heterocycles. The molecule has 0 aliphatic heterocycles. The zero-order chi connectivity index (χ0) is 10.7. The van der Waals surface area contributed by atoms with Gasteiger partial charge in [0.25, 0.3) is 0 Å². The second-order valence-corrected chi connectivity index (χ2v) is 2.98. The quantitative estimate of drug-likeness (QED) is 0.771. The van der Waals surface area contributed by atoms with E-state index >= 15 is 0 Å². The summed E-state index contributed by atoms with van der Waals surface area (Å²) in [5, 5.41) is 2.55. The van der Waals surface area contributed by atoms with Crippen LogP contribution in [0.15, 0.2) is 43.0 Å². The smallest absolute Gasteiger partial charge is 0.316 e. The molecule has 0 saturated heterocycles. The summed E-state index contributed by atoms with van der Waals surface area (Å²) in [5.41, 5.74) is 6.55. The van der Waals surface area contributed by atoms with Crippen LogP contribution in [0.5, 0.6) is 0 Å². The second kappa shape index (κ2) is 3.83. The third-order valence-electron chi connectivity index (χ3n) is 1.94. The third kappa shape index (κ3) is 1.96. The van der Waals surface area contributed by atoms with Crippen LogP contribution in [-0.2, 0) is 0 Å². The largest absolute Gasteiger partial charge is 0.351 e. The fourth-order valence-electron chi connectivity index (χ4n) is 1.34. The van der Waals surface area contributed by atoms with Crippen molar-refractivity contribution in [3.63, 3.8) is 0 Å². The number of imidazole rings is 1. The summed E-state index contributed by atoms with van der Waals surface area (Å²) in [4.78, 5) is 14.7. The second-order valence-electron chi connectivity index (χ2n) is 2.98. The highest BCUT2D eigenvalue weighted by atomic mass is 16.2. The van der Waals surface area contributed by atoms with Gasteiger partial charge in [0.15, 0.2) is 0 Å². The molecule has 0 unspecified atom stereocenters. The number of hydrogen-bond acceptors (Lipinski definition) is 2. The van der Waals surface area contributed by atoms with Crippen LogP contribution in [0.25, 0.3) is 5.69 Å². The Morgan fingerprint density at radius 2 is 2.20 bits per heavy atom. The summed E-state index contributed by atoms with van der Waals surface area (Å²) in [6.45, 7) is 0. The number of primary amides is 1. The van der Waals surface area contributed by atoms with Gasteiger partial charge in [0, 0.05) is 12.4 Å². The van der Waals surface area contributed by atoms with Gasteiger partial charge in [-0.15, -0.1) is 0 Å². The van der Waals surface area contributed by atoms with Gasteiger partial charge in [-0.25, -0.2) is 9.78 Å². The molecule has 2 amide bonds. The predicted molar refractivity (Wildman–Crippen MR) is 56.8 cm³/mol. The number of nitrogens with zero attached hydrogens (tertiary/aromatic N) is 2. The van der Waals surface area contributed by atoms with Crippen LogP contribution in [0, 0.1) is 0 Å². The number of nitrogens with two attached hydrogens (primary N) is 1. The molecule has 2 aromatic rings. The fraction of sp³-hybridized carbons (Fsp3) is 0. The van der Waals surface area contributed by atoms with Gasteiger partial charge in [-0.1, -0.05) is 12.1 Å². The Bertz CT molecular complexity index is 464. The molecular weight excluding hydrogens is 192 g/mol. The number of nitrogens with one attached hydrogen (secondary N) is 1. The van der Waals surface area contributed by atoms with Crippen molar-refractivity contribution in [1.82, 2.24) is 9.55 Å². The first kappa shape index (κ1) is 9.26. The van der Waals surface area contributed by atoms with Gasteiger partial charge in [-0.3, -0.25) is 0 Å². The van der Waals surface area contributed by atoms with Crippen LogP contribution in [0.4, 0.5) is 10.5 Å². The van der Waals surface area contributed by atoms with E-state index in [1.165, 1.54) is 0 Å². The number of hydrogen-bond donors (Lipinski definition) is 2. The molecule has 0 spiro atoms. The Labute approximate surface area is 86.5 Å². The number of aromatic nitrogens is 2. The van der Waals surface area contributed by atoms with E-state index in [1.807, 2.05) is 18.2 Å². The number of amides is 2. The fourth-order valence-corrected chi connectivity index (χ4v) is 1.34. The molecule has 3 N–H and O–H groups in total. The van der Waals surface area contributed by atoms with Gasteiger partial charge in [0.1, 0.15) is 0 Å². The lowest BCUT2D eigenvalue weighted by atomic mass is 10.2. The number of anilines is 1. The lowest BCUT2D eigenvalue weighted by Gasteiger charge is -2.09. The molecule has 76 valence electrons. The van der Waals surface area contributed by atoms with Crippen molar-refractivity contribution in [2.45, 2.75) is 0 Å². The SMILES string of the molecule is NC(=O)Nc1ccccc1-n1ccnc1. The van der Waals surface area contributed by atoms with E-state index in [0.29, 0.717) is 5.69 Å². The summed E-state index contributed by atoms with van der Waals surface area (Å²) >= 11 is 0. The van der Waals surface area contributed by atoms with Gasteiger partial charge in [0.2, 0.25) is 0 Å². The minimum Gasteiger partial charge on any atom is -0.351 e. The maximum atomic E-state index is 10.8. The molecule has 5 nitrogen and oxygen atoms in total. The molecule has 2 rings (SSSR count). The van der Waals surface area contributed by atoms with Crippen LogP contribution in [0.1, 0.15) is 0 Å². The Morgan fingerprint density at radius 3 is 2.87 bits per heavy atom. The van der Waals surface area contributed by atoms with Gasteiger partial charge >= 0.3 is 6.03 Å². The molecule has 5 heteroatoms. The molecule has 1 aromatic carbocycles. The van der Waals surface area contributed by atoms with Gasteiger partial charge in [0.05, 0.1) is 17.7 Å². The molecule has 0 aliphatic rings. The first-order valence-corrected chi connectivity index (χ1v) is 4.41. The lowest BCUT2D eigenvalue weighted by Crippen LogP contribution is -2.20. The Balaban J connectivity index is 2.42. The van der Waals surface area contributed by atoms with E-state index in [9.17, 15) is 4.79 Å². The number of carbonyl (C=O) groups excluding carboxylic acids is 1. The van der Waals surface area contributed by atoms with Crippen LogP contribution in [-0.4, -0.2) is 15.6 Å². The van der Waals surface area contributed by atoms with Crippen molar-refractivity contribution in [1.29, 1.82) is 0 Å². The monoisotopic (exact) mass is 202 g/mol. The van der Waals surface area contributed by atoms with E-state index in [1.54, 1.807) is 29.4 Å². The molecule has 0 saturated carbocycles. The summed E-state index contributed by atoms with van der Waals surface area (Å²) in [7, 11) is 0. The van der Waals surface area contributed by atoms with Crippen LogP contribution in [0.2, 0.25) is 0 Å². The molecular formula is C10H10N4O. The third-order valence-corrected chi connectivity index (χ3v) is 1.94. The minimum atomic E-state index is -0.581. The van der Waals surface area contributed by atoms with Crippen molar-refractivity contribution in [3.05, 3.63) is 43.0 Å². The van der Waals surface area contributed by atoms with E-state index in [4.69, 9.17) is 5.73 Å². The van der Waals surface area contributed by atoms with E-state index in [0.717, 1.165) is 5.69 Å². The van der Waals surface area contributed by atoms with E-state index < -0.39 is 6.03 Å². The maximum absolute atomic E-state index is 10.8. The molecule has 1 heterocycles. The normalized spacial score (nSPS) is 9.87. The summed E-state index contributed by atoms with van der Waals surface area (Å²) in [6.07, 6.45) is 5.12.